The minimum Gasteiger partial charge on any atom is -0.493 e. The normalized spacial score (nSPS) is 9.58. The summed E-state index contributed by atoms with van der Waals surface area (Å²) in [5.41, 5.74) is 1.14. The molecule has 0 aliphatic heterocycles. The van der Waals surface area contributed by atoms with Crippen molar-refractivity contribution in [1.82, 2.24) is 5.32 Å². The molecule has 0 radical (unpaired) electrons. The van der Waals surface area contributed by atoms with Crippen LogP contribution in [0.15, 0.2) is 41.0 Å². The number of carboxylic acid groups (broad SMARTS) is 2. The van der Waals surface area contributed by atoms with E-state index in [1.165, 1.54) is 0 Å². The first-order chi connectivity index (χ1) is 11.5. The molecule has 0 spiro atoms. The topological polar surface area (TPSA) is 118 Å². The highest BCUT2D eigenvalue weighted by atomic mass is 16.5. The van der Waals surface area contributed by atoms with Gasteiger partial charge in [-0.3, -0.25) is 0 Å². The summed E-state index contributed by atoms with van der Waals surface area (Å²) in [7, 11) is 3.27. The second-order valence-corrected chi connectivity index (χ2v) is 4.48. The fraction of sp³-hybridized carbons (Fsp3) is 0.250. The highest BCUT2D eigenvalue weighted by molar-refractivity contribution is 6.27. The fourth-order valence-corrected chi connectivity index (χ4v) is 1.73. The van der Waals surface area contributed by atoms with E-state index in [4.69, 9.17) is 33.7 Å². The lowest BCUT2D eigenvalue weighted by Crippen LogP contribution is -2.12. The van der Waals surface area contributed by atoms with Gasteiger partial charge in [0.2, 0.25) is 0 Å². The Morgan fingerprint density at radius 2 is 1.71 bits per heavy atom. The molecule has 0 saturated heterocycles. The van der Waals surface area contributed by atoms with Crippen molar-refractivity contribution in [3.8, 4) is 11.5 Å². The highest BCUT2D eigenvalue weighted by Gasteiger charge is 2.05. The minimum atomic E-state index is -1.82. The molecule has 0 aliphatic carbocycles. The van der Waals surface area contributed by atoms with E-state index in [1.807, 2.05) is 30.3 Å². The standard InChI is InChI=1S/C14H17NO3.C2H2O4/c1-16-13-6-5-11(8-14(13)17-2)9-15-10-12-4-3-7-18-12;3-1(4)2(5)6/h3-8,15H,9-10H2,1-2H3;(H,3,4)(H,5,6). The smallest absolute Gasteiger partial charge is 0.414 e. The summed E-state index contributed by atoms with van der Waals surface area (Å²) in [5.74, 6) is -1.23. The Kier molecular flexibility index (Phi) is 7.86. The number of hydrogen-bond donors (Lipinski definition) is 3. The Labute approximate surface area is 138 Å². The number of nitrogens with one attached hydrogen (secondary N) is 1. The number of rotatable bonds is 6. The number of ether oxygens (including phenoxy) is 2. The molecule has 24 heavy (non-hydrogen) atoms. The molecule has 3 N–H and O–H groups in total. The van der Waals surface area contributed by atoms with Gasteiger partial charge >= 0.3 is 11.9 Å². The lowest BCUT2D eigenvalue weighted by atomic mass is 10.2. The maximum atomic E-state index is 9.10. The Bertz CT molecular complexity index is 640. The second-order valence-electron chi connectivity index (χ2n) is 4.48. The molecular formula is C16H19NO7. The predicted molar refractivity (Wildman–Crippen MR) is 84.1 cm³/mol. The van der Waals surface area contributed by atoms with E-state index in [2.05, 4.69) is 5.32 Å². The molecule has 0 aliphatic rings. The second kappa shape index (κ2) is 9.90. The monoisotopic (exact) mass is 337 g/mol. The van der Waals surface area contributed by atoms with Gasteiger partial charge < -0.3 is 29.4 Å². The summed E-state index contributed by atoms with van der Waals surface area (Å²) in [6.45, 7) is 1.46. The van der Waals surface area contributed by atoms with E-state index in [9.17, 15) is 0 Å². The number of carbonyl (C=O) groups is 2. The first kappa shape index (κ1) is 19.0. The molecule has 8 heteroatoms. The minimum absolute atomic E-state index is 0.710. The number of furan rings is 1. The van der Waals surface area contributed by atoms with Crippen molar-refractivity contribution in [3.05, 3.63) is 47.9 Å². The number of methoxy groups -OCH3 is 2. The van der Waals surface area contributed by atoms with Crippen molar-refractivity contribution in [1.29, 1.82) is 0 Å². The average molecular weight is 337 g/mol. The van der Waals surface area contributed by atoms with Crippen molar-refractivity contribution in [2.45, 2.75) is 13.1 Å². The summed E-state index contributed by atoms with van der Waals surface area (Å²) in [5, 5.41) is 18.1. The lowest BCUT2D eigenvalue weighted by Gasteiger charge is -2.09. The molecule has 0 bridgehead atoms. The zero-order valence-electron chi connectivity index (χ0n) is 13.3. The highest BCUT2D eigenvalue weighted by Crippen LogP contribution is 2.27. The van der Waals surface area contributed by atoms with Crippen LogP contribution in [0.2, 0.25) is 0 Å². The fourth-order valence-electron chi connectivity index (χ4n) is 1.73. The maximum absolute atomic E-state index is 9.10. The first-order valence-corrected chi connectivity index (χ1v) is 6.88. The van der Waals surface area contributed by atoms with Gasteiger partial charge in [-0.15, -0.1) is 0 Å². The van der Waals surface area contributed by atoms with Gasteiger partial charge in [0.15, 0.2) is 11.5 Å². The van der Waals surface area contributed by atoms with Gasteiger partial charge in [-0.05, 0) is 29.8 Å². The van der Waals surface area contributed by atoms with Gasteiger partial charge in [-0.25, -0.2) is 9.59 Å². The summed E-state index contributed by atoms with van der Waals surface area (Å²) in [4.78, 5) is 18.2. The molecule has 2 rings (SSSR count). The first-order valence-electron chi connectivity index (χ1n) is 6.88. The molecule has 1 aromatic heterocycles. The quantitative estimate of drug-likeness (QED) is 0.682. The van der Waals surface area contributed by atoms with E-state index in [1.54, 1.807) is 20.5 Å². The van der Waals surface area contributed by atoms with Crippen LogP contribution in [-0.2, 0) is 22.7 Å². The van der Waals surface area contributed by atoms with Crippen molar-refractivity contribution in [3.63, 3.8) is 0 Å². The third-order valence-electron chi connectivity index (χ3n) is 2.84. The van der Waals surface area contributed by atoms with Gasteiger partial charge in [0.25, 0.3) is 0 Å². The van der Waals surface area contributed by atoms with Crippen LogP contribution >= 0.6 is 0 Å². The summed E-state index contributed by atoms with van der Waals surface area (Å²) >= 11 is 0. The summed E-state index contributed by atoms with van der Waals surface area (Å²) < 4.78 is 15.7. The molecule has 0 fully saturated rings. The molecule has 1 heterocycles. The van der Waals surface area contributed by atoms with E-state index in [0.717, 1.165) is 29.4 Å². The third kappa shape index (κ3) is 6.41. The van der Waals surface area contributed by atoms with Crippen LogP contribution in [-0.4, -0.2) is 36.4 Å². The van der Waals surface area contributed by atoms with E-state index in [0.29, 0.717) is 6.54 Å². The van der Waals surface area contributed by atoms with Crippen molar-refractivity contribution >= 4 is 11.9 Å². The average Bonchev–Trinajstić information content (AvgIpc) is 3.08. The molecule has 0 amide bonds. The van der Waals surface area contributed by atoms with Crippen LogP contribution in [0.4, 0.5) is 0 Å². The van der Waals surface area contributed by atoms with E-state index >= 15 is 0 Å². The van der Waals surface area contributed by atoms with Crippen LogP contribution in [0.25, 0.3) is 0 Å². The number of hydrogen-bond acceptors (Lipinski definition) is 6. The maximum Gasteiger partial charge on any atom is 0.414 e. The summed E-state index contributed by atoms with van der Waals surface area (Å²) in [6, 6.07) is 9.71. The van der Waals surface area contributed by atoms with Gasteiger partial charge in [-0.1, -0.05) is 6.07 Å². The summed E-state index contributed by atoms with van der Waals surface area (Å²) in [6.07, 6.45) is 1.67. The molecule has 0 saturated carbocycles. The Balaban J connectivity index is 0.000000413. The zero-order chi connectivity index (χ0) is 17.9. The van der Waals surface area contributed by atoms with Crippen LogP contribution in [0.3, 0.4) is 0 Å². The Morgan fingerprint density at radius 3 is 2.21 bits per heavy atom. The molecule has 8 nitrogen and oxygen atoms in total. The third-order valence-corrected chi connectivity index (χ3v) is 2.84. The van der Waals surface area contributed by atoms with Crippen molar-refractivity contribution < 1.29 is 33.7 Å². The van der Waals surface area contributed by atoms with Crippen molar-refractivity contribution in [2.75, 3.05) is 14.2 Å². The number of carboxylic acids is 2. The SMILES string of the molecule is COc1ccc(CNCc2ccco2)cc1OC.O=C(O)C(=O)O. The van der Waals surface area contributed by atoms with Gasteiger partial charge in [-0.2, -0.15) is 0 Å². The van der Waals surface area contributed by atoms with E-state index < -0.39 is 11.9 Å². The van der Waals surface area contributed by atoms with Crippen molar-refractivity contribution in [2.24, 2.45) is 0 Å². The van der Waals surface area contributed by atoms with Gasteiger partial charge in [0.05, 0.1) is 27.0 Å². The Hall–Kier alpha value is -3.00. The molecule has 1 aromatic carbocycles. The zero-order valence-corrected chi connectivity index (χ0v) is 13.3. The van der Waals surface area contributed by atoms with Crippen LogP contribution in [0.5, 0.6) is 11.5 Å². The Morgan fingerprint density at radius 1 is 1.04 bits per heavy atom. The lowest BCUT2D eigenvalue weighted by molar-refractivity contribution is -0.159. The molecule has 0 unspecified atom stereocenters. The molecule has 0 atom stereocenters. The van der Waals surface area contributed by atoms with Crippen LogP contribution < -0.4 is 14.8 Å². The number of aliphatic carboxylic acids is 2. The van der Waals surface area contributed by atoms with Gasteiger partial charge in [0.1, 0.15) is 5.76 Å². The molecular weight excluding hydrogens is 318 g/mol. The largest absolute Gasteiger partial charge is 0.493 e. The predicted octanol–water partition coefficient (Wildman–Crippen LogP) is 1.74. The van der Waals surface area contributed by atoms with Crippen LogP contribution in [0, 0.1) is 0 Å². The van der Waals surface area contributed by atoms with Crippen LogP contribution in [0.1, 0.15) is 11.3 Å². The van der Waals surface area contributed by atoms with E-state index in [-0.39, 0.29) is 0 Å². The van der Waals surface area contributed by atoms with Gasteiger partial charge in [0, 0.05) is 6.54 Å². The number of benzene rings is 1. The molecule has 130 valence electrons. The molecule has 2 aromatic rings.